The fourth-order valence-corrected chi connectivity index (χ4v) is 3.37. The van der Waals surface area contributed by atoms with Crippen molar-refractivity contribution in [3.8, 4) is 0 Å². The van der Waals surface area contributed by atoms with Crippen molar-refractivity contribution in [1.82, 2.24) is 0 Å². The van der Waals surface area contributed by atoms with Gasteiger partial charge in [0.1, 0.15) is 6.61 Å². The summed E-state index contributed by atoms with van der Waals surface area (Å²) in [4.78, 5) is 12.5. The third-order valence-electron chi connectivity index (χ3n) is 5.12. The van der Waals surface area contributed by atoms with Gasteiger partial charge in [-0.25, -0.2) is 4.79 Å². The van der Waals surface area contributed by atoms with Crippen molar-refractivity contribution in [2.24, 2.45) is 0 Å². The summed E-state index contributed by atoms with van der Waals surface area (Å²) in [6, 6.07) is 11.2. The van der Waals surface area contributed by atoms with Gasteiger partial charge in [0.15, 0.2) is 6.29 Å². The summed E-state index contributed by atoms with van der Waals surface area (Å²) in [5.41, 5.74) is -0.0308. The van der Waals surface area contributed by atoms with Gasteiger partial charge in [0.25, 0.3) is 0 Å². The van der Waals surface area contributed by atoms with Crippen LogP contribution < -0.4 is 5.32 Å². The molecule has 0 spiro atoms. The van der Waals surface area contributed by atoms with Crippen molar-refractivity contribution in [2.45, 2.75) is 31.7 Å². The number of hydrogen-bond acceptors (Lipinski definition) is 7. The lowest BCUT2D eigenvalue weighted by Gasteiger charge is -2.22. The Morgan fingerprint density at radius 2 is 1.69 bits per heavy atom. The van der Waals surface area contributed by atoms with Gasteiger partial charge < -0.3 is 29.0 Å². The van der Waals surface area contributed by atoms with E-state index in [1.165, 1.54) is 18.2 Å². The second kappa shape index (κ2) is 14.0. The van der Waals surface area contributed by atoms with Gasteiger partial charge in [0.05, 0.1) is 49.8 Å². The molecular formula is C25H30F3NO6. The van der Waals surface area contributed by atoms with Crippen LogP contribution in [0.3, 0.4) is 0 Å². The lowest BCUT2D eigenvalue weighted by atomic mass is 10.1. The summed E-state index contributed by atoms with van der Waals surface area (Å²) in [6.45, 7) is 2.56. The van der Waals surface area contributed by atoms with Crippen LogP contribution in [0.1, 0.15) is 35.2 Å². The second-order valence-electron chi connectivity index (χ2n) is 7.78. The Balaban J connectivity index is 1.33. The van der Waals surface area contributed by atoms with E-state index in [2.05, 4.69) is 5.32 Å². The molecule has 2 aromatic rings. The van der Waals surface area contributed by atoms with Crippen molar-refractivity contribution in [1.29, 1.82) is 0 Å². The first kappa shape index (κ1) is 26.9. The van der Waals surface area contributed by atoms with E-state index in [0.717, 1.165) is 38.0 Å². The predicted octanol–water partition coefficient (Wildman–Crippen LogP) is 5.18. The third-order valence-corrected chi connectivity index (χ3v) is 5.12. The number of alkyl halides is 3. The van der Waals surface area contributed by atoms with E-state index < -0.39 is 17.7 Å². The fourth-order valence-electron chi connectivity index (χ4n) is 3.37. The number of carbonyl (C=O) groups is 1. The maximum Gasteiger partial charge on any atom is 0.416 e. The lowest BCUT2D eigenvalue weighted by Crippen LogP contribution is -2.24. The lowest BCUT2D eigenvalue weighted by molar-refractivity contribution is -0.169. The summed E-state index contributed by atoms with van der Waals surface area (Å²) in [5.74, 6) is -0.609. The number of hydrogen-bond donors (Lipinski definition) is 1. The molecule has 0 bridgehead atoms. The number of carbonyl (C=O) groups excluding carboxylic acids is 1. The minimum Gasteiger partial charge on any atom is -0.460 e. The molecule has 1 aliphatic rings. The Morgan fingerprint density at radius 1 is 0.943 bits per heavy atom. The number of halogens is 3. The van der Waals surface area contributed by atoms with Crippen LogP contribution in [-0.4, -0.2) is 58.5 Å². The van der Waals surface area contributed by atoms with Gasteiger partial charge in [0.2, 0.25) is 0 Å². The molecule has 7 nitrogen and oxygen atoms in total. The second-order valence-corrected chi connectivity index (χ2v) is 7.78. The van der Waals surface area contributed by atoms with E-state index in [1.54, 1.807) is 18.2 Å². The zero-order valence-corrected chi connectivity index (χ0v) is 19.4. The molecule has 10 heteroatoms. The molecule has 192 valence electrons. The molecule has 0 aliphatic carbocycles. The first-order valence-electron chi connectivity index (χ1n) is 11.5. The van der Waals surface area contributed by atoms with Gasteiger partial charge in [-0.1, -0.05) is 18.2 Å². The average Bonchev–Trinajstić information content (AvgIpc) is 2.85. The average molecular weight is 498 g/mol. The summed E-state index contributed by atoms with van der Waals surface area (Å²) >= 11 is 0. The highest BCUT2D eigenvalue weighted by Gasteiger charge is 2.30. The maximum atomic E-state index is 13.0. The Bertz CT molecular complexity index is 918. The molecule has 1 heterocycles. The van der Waals surface area contributed by atoms with Crippen LogP contribution in [0.5, 0.6) is 0 Å². The molecule has 1 fully saturated rings. The van der Waals surface area contributed by atoms with Crippen LogP contribution in [0.2, 0.25) is 0 Å². The molecule has 1 aliphatic heterocycles. The highest BCUT2D eigenvalue weighted by molar-refractivity contribution is 5.96. The SMILES string of the molecule is O=C(OCCOCCOCCOC1CCCCO1)c1ccccc1Nc1cccc(C(F)(F)F)c1. The maximum absolute atomic E-state index is 13.0. The molecule has 2 aromatic carbocycles. The highest BCUT2D eigenvalue weighted by atomic mass is 19.4. The smallest absolute Gasteiger partial charge is 0.416 e. The molecule has 1 atom stereocenters. The number of nitrogens with one attached hydrogen (secondary N) is 1. The predicted molar refractivity (Wildman–Crippen MR) is 123 cm³/mol. The topological polar surface area (TPSA) is 75.3 Å². The normalized spacial score (nSPS) is 16.1. The first-order chi connectivity index (χ1) is 16.9. The van der Waals surface area contributed by atoms with Gasteiger partial charge in [0, 0.05) is 12.3 Å². The van der Waals surface area contributed by atoms with Gasteiger partial charge in [-0.3, -0.25) is 0 Å². The standard InChI is InChI=1S/C25H30F3NO6/c26-25(27,28)19-6-5-7-20(18-19)29-22-9-2-1-8-21(22)24(30)35-17-15-32-13-12-31-14-16-34-23-10-3-4-11-33-23/h1-2,5-9,18,23,29H,3-4,10-17H2. The molecule has 0 radical (unpaired) electrons. The number of ether oxygens (including phenoxy) is 5. The molecule has 0 aromatic heterocycles. The summed E-state index contributed by atoms with van der Waals surface area (Å²) in [7, 11) is 0. The van der Waals surface area contributed by atoms with Gasteiger partial charge in [-0.2, -0.15) is 13.2 Å². The van der Waals surface area contributed by atoms with Crippen molar-refractivity contribution >= 4 is 17.3 Å². The van der Waals surface area contributed by atoms with Crippen LogP contribution in [0, 0.1) is 0 Å². The minimum atomic E-state index is -4.46. The number of para-hydroxylation sites is 1. The Kier molecular flexibility index (Phi) is 10.8. The zero-order chi connectivity index (χ0) is 24.9. The molecule has 0 saturated carbocycles. The van der Waals surface area contributed by atoms with E-state index in [0.29, 0.717) is 32.1 Å². The summed E-state index contributed by atoms with van der Waals surface area (Å²) in [6.07, 6.45) is -1.50. The van der Waals surface area contributed by atoms with Crippen LogP contribution >= 0.6 is 0 Å². The van der Waals surface area contributed by atoms with Gasteiger partial charge in [-0.15, -0.1) is 0 Å². The van der Waals surface area contributed by atoms with E-state index in [1.807, 2.05) is 0 Å². The highest BCUT2D eigenvalue weighted by Crippen LogP contribution is 2.32. The van der Waals surface area contributed by atoms with Crippen molar-refractivity contribution in [2.75, 3.05) is 51.6 Å². The number of rotatable bonds is 13. The largest absolute Gasteiger partial charge is 0.460 e. The molecule has 35 heavy (non-hydrogen) atoms. The van der Waals surface area contributed by atoms with Crippen LogP contribution in [-0.2, 0) is 29.9 Å². The summed E-state index contributed by atoms with van der Waals surface area (Å²) < 4.78 is 66.0. The quantitative estimate of drug-likeness (QED) is 0.302. The van der Waals surface area contributed by atoms with E-state index in [4.69, 9.17) is 23.7 Å². The first-order valence-corrected chi connectivity index (χ1v) is 11.5. The van der Waals surface area contributed by atoms with Crippen LogP contribution in [0.15, 0.2) is 48.5 Å². The summed E-state index contributed by atoms with van der Waals surface area (Å²) in [5, 5.41) is 2.86. The van der Waals surface area contributed by atoms with E-state index in [9.17, 15) is 18.0 Å². The van der Waals surface area contributed by atoms with Gasteiger partial charge >= 0.3 is 12.1 Å². The Hall–Kier alpha value is -2.66. The monoisotopic (exact) mass is 497 g/mol. The molecule has 1 unspecified atom stereocenters. The molecule has 0 amide bonds. The Labute approximate surface area is 202 Å². The number of esters is 1. The van der Waals surface area contributed by atoms with Crippen molar-refractivity contribution in [3.05, 3.63) is 59.7 Å². The van der Waals surface area contributed by atoms with Crippen LogP contribution in [0.4, 0.5) is 24.5 Å². The molecular weight excluding hydrogens is 467 g/mol. The van der Waals surface area contributed by atoms with Crippen molar-refractivity contribution in [3.63, 3.8) is 0 Å². The number of benzene rings is 2. The zero-order valence-electron chi connectivity index (χ0n) is 19.4. The Morgan fingerprint density at radius 3 is 2.43 bits per heavy atom. The van der Waals surface area contributed by atoms with Crippen molar-refractivity contribution < 1.29 is 41.7 Å². The number of anilines is 2. The van der Waals surface area contributed by atoms with E-state index in [-0.39, 0.29) is 30.8 Å². The van der Waals surface area contributed by atoms with Gasteiger partial charge in [-0.05, 0) is 49.6 Å². The third kappa shape index (κ3) is 9.48. The molecule has 3 rings (SSSR count). The molecule has 1 saturated heterocycles. The fraction of sp³-hybridized carbons (Fsp3) is 0.480. The van der Waals surface area contributed by atoms with Crippen LogP contribution in [0.25, 0.3) is 0 Å². The molecule has 1 N–H and O–H groups in total. The minimum absolute atomic E-state index is 0.0266. The van der Waals surface area contributed by atoms with E-state index >= 15 is 0 Å².